The number of likely N-dealkylation sites (N-methyl/N-ethyl adjacent to an activating group) is 1. The molecule has 5 heteroatoms. The number of amides is 2. The minimum atomic E-state index is -0.336. The van der Waals surface area contributed by atoms with E-state index in [2.05, 4.69) is 5.32 Å². The Kier molecular flexibility index (Phi) is 3.44. The third-order valence-corrected chi connectivity index (χ3v) is 3.82. The Morgan fingerprint density at radius 1 is 1.50 bits per heavy atom. The van der Waals surface area contributed by atoms with Gasteiger partial charge < -0.3 is 15.0 Å². The first-order chi connectivity index (χ1) is 9.69. The average Bonchev–Trinajstić information content (AvgIpc) is 3.04. The molecule has 0 spiro atoms. The van der Waals surface area contributed by atoms with Gasteiger partial charge in [-0.25, -0.2) is 0 Å². The molecule has 0 saturated carbocycles. The van der Waals surface area contributed by atoms with Crippen LogP contribution in [0.2, 0.25) is 0 Å². The van der Waals surface area contributed by atoms with E-state index >= 15 is 0 Å². The zero-order valence-corrected chi connectivity index (χ0v) is 11.5. The summed E-state index contributed by atoms with van der Waals surface area (Å²) < 4.78 is 5.36. The van der Waals surface area contributed by atoms with Crippen LogP contribution in [-0.2, 0) is 20.7 Å². The molecule has 20 heavy (non-hydrogen) atoms. The van der Waals surface area contributed by atoms with Crippen LogP contribution in [-0.4, -0.2) is 31.1 Å². The van der Waals surface area contributed by atoms with Gasteiger partial charge in [0.25, 0.3) is 5.91 Å². The van der Waals surface area contributed by atoms with E-state index in [4.69, 9.17) is 4.74 Å². The summed E-state index contributed by atoms with van der Waals surface area (Å²) >= 11 is 0. The molecule has 1 aromatic rings. The van der Waals surface area contributed by atoms with E-state index in [0.29, 0.717) is 19.6 Å². The Morgan fingerprint density at radius 2 is 2.35 bits per heavy atom. The zero-order chi connectivity index (χ0) is 14.1. The number of carbonyl (C=O) groups is 2. The predicted octanol–water partition coefficient (Wildman–Crippen LogP) is 1.71. The fraction of sp³-hybridized carbons (Fsp3) is 0.467. The molecular formula is C15H18N2O3. The van der Waals surface area contributed by atoms with Gasteiger partial charge >= 0.3 is 0 Å². The number of hydrogen-bond donors (Lipinski definition) is 1. The maximum absolute atomic E-state index is 12.0. The highest BCUT2D eigenvalue weighted by molar-refractivity contribution is 6.02. The van der Waals surface area contributed by atoms with Gasteiger partial charge in [0.05, 0.1) is 6.42 Å². The lowest BCUT2D eigenvalue weighted by Crippen LogP contribution is -2.27. The number of carbonyl (C=O) groups excluding carboxylic acids is 2. The molecule has 1 atom stereocenters. The van der Waals surface area contributed by atoms with E-state index in [1.807, 2.05) is 25.1 Å². The summed E-state index contributed by atoms with van der Waals surface area (Å²) in [4.78, 5) is 25.6. The van der Waals surface area contributed by atoms with E-state index in [9.17, 15) is 9.59 Å². The molecule has 0 unspecified atom stereocenters. The maximum atomic E-state index is 12.0. The molecule has 1 aromatic carbocycles. The second kappa shape index (κ2) is 5.25. The van der Waals surface area contributed by atoms with Gasteiger partial charge in [-0.1, -0.05) is 0 Å². The number of nitrogens with zero attached hydrogens (tertiary/aromatic N) is 1. The Bertz CT molecular complexity index is 550. The van der Waals surface area contributed by atoms with Crippen LogP contribution in [0.15, 0.2) is 18.2 Å². The Balaban J connectivity index is 1.75. The molecule has 0 radical (unpaired) electrons. The Labute approximate surface area is 117 Å². The van der Waals surface area contributed by atoms with E-state index in [1.165, 1.54) is 0 Å². The van der Waals surface area contributed by atoms with Crippen LogP contribution < -0.4 is 10.2 Å². The molecule has 1 N–H and O–H groups in total. The van der Waals surface area contributed by atoms with Crippen molar-refractivity contribution in [2.75, 3.05) is 23.4 Å². The first-order valence-corrected chi connectivity index (χ1v) is 7.05. The fourth-order valence-electron chi connectivity index (χ4n) is 2.81. The molecule has 0 aliphatic carbocycles. The number of nitrogens with one attached hydrogen (secondary N) is 1. The normalized spacial score (nSPS) is 21.1. The summed E-state index contributed by atoms with van der Waals surface area (Å²) in [6.45, 7) is 3.29. The Morgan fingerprint density at radius 3 is 3.05 bits per heavy atom. The lowest BCUT2D eigenvalue weighted by molar-refractivity contribution is -0.124. The van der Waals surface area contributed by atoms with Crippen LogP contribution in [0.4, 0.5) is 11.4 Å². The minimum absolute atomic E-state index is 0.0980. The predicted molar refractivity (Wildman–Crippen MR) is 75.8 cm³/mol. The first-order valence-electron chi connectivity index (χ1n) is 7.05. The highest BCUT2D eigenvalue weighted by Crippen LogP contribution is 2.31. The second-order valence-electron chi connectivity index (χ2n) is 5.15. The maximum Gasteiger partial charge on any atom is 0.253 e. The van der Waals surface area contributed by atoms with Gasteiger partial charge in [-0.3, -0.25) is 9.59 Å². The van der Waals surface area contributed by atoms with Crippen molar-refractivity contribution in [3.05, 3.63) is 23.8 Å². The molecule has 5 nitrogen and oxygen atoms in total. The molecule has 2 heterocycles. The van der Waals surface area contributed by atoms with E-state index in [1.54, 1.807) is 4.90 Å². The number of rotatable bonds is 3. The van der Waals surface area contributed by atoms with Crippen LogP contribution in [0.5, 0.6) is 0 Å². The lowest BCUT2D eigenvalue weighted by Gasteiger charge is -2.15. The molecule has 2 aliphatic heterocycles. The van der Waals surface area contributed by atoms with Crippen molar-refractivity contribution in [3.8, 4) is 0 Å². The van der Waals surface area contributed by atoms with E-state index in [-0.39, 0.29) is 17.9 Å². The molecule has 1 fully saturated rings. The number of fused-ring (bicyclic) bond motifs is 1. The van der Waals surface area contributed by atoms with Crippen molar-refractivity contribution in [1.29, 1.82) is 0 Å². The van der Waals surface area contributed by atoms with Crippen molar-refractivity contribution >= 4 is 23.2 Å². The van der Waals surface area contributed by atoms with Gasteiger partial charge in [-0.05, 0) is 43.5 Å². The van der Waals surface area contributed by atoms with Crippen molar-refractivity contribution < 1.29 is 14.3 Å². The van der Waals surface area contributed by atoms with E-state index in [0.717, 1.165) is 29.8 Å². The molecular weight excluding hydrogens is 256 g/mol. The Hall–Kier alpha value is -1.88. The molecule has 2 amide bonds. The van der Waals surface area contributed by atoms with Gasteiger partial charge in [0.1, 0.15) is 6.10 Å². The highest BCUT2D eigenvalue weighted by atomic mass is 16.5. The summed E-state index contributed by atoms with van der Waals surface area (Å²) in [7, 11) is 0. The minimum Gasteiger partial charge on any atom is -0.368 e. The van der Waals surface area contributed by atoms with Crippen molar-refractivity contribution in [3.63, 3.8) is 0 Å². The summed E-state index contributed by atoms with van der Waals surface area (Å²) in [5.74, 6) is 0.0178. The van der Waals surface area contributed by atoms with Gasteiger partial charge in [0.15, 0.2) is 0 Å². The van der Waals surface area contributed by atoms with Gasteiger partial charge in [0.2, 0.25) is 5.91 Å². The SMILES string of the molecule is CCN1C(=O)Cc2cc(NC(=O)[C@H]3CCCO3)ccc21. The number of hydrogen-bond acceptors (Lipinski definition) is 3. The largest absolute Gasteiger partial charge is 0.368 e. The monoisotopic (exact) mass is 274 g/mol. The van der Waals surface area contributed by atoms with Gasteiger partial charge in [-0.15, -0.1) is 0 Å². The lowest BCUT2D eigenvalue weighted by atomic mass is 10.1. The van der Waals surface area contributed by atoms with Crippen molar-refractivity contribution in [2.45, 2.75) is 32.3 Å². The first kappa shape index (κ1) is 13.1. The van der Waals surface area contributed by atoms with Crippen LogP contribution in [0.3, 0.4) is 0 Å². The fourth-order valence-corrected chi connectivity index (χ4v) is 2.81. The van der Waals surface area contributed by atoms with Crippen molar-refractivity contribution in [1.82, 2.24) is 0 Å². The molecule has 1 saturated heterocycles. The molecule has 0 aromatic heterocycles. The molecule has 2 aliphatic rings. The van der Waals surface area contributed by atoms with Crippen LogP contribution in [0, 0.1) is 0 Å². The molecule has 3 rings (SSSR count). The summed E-state index contributed by atoms with van der Waals surface area (Å²) in [6.07, 6.45) is 1.78. The van der Waals surface area contributed by atoms with Crippen molar-refractivity contribution in [2.24, 2.45) is 0 Å². The summed E-state index contributed by atoms with van der Waals surface area (Å²) in [5, 5.41) is 2.87. The smallest absolute Gasteiger partial charge is 0.253 e. The third-order valence-electron chi connectivity index (χ3n) is 3.82. The van der Waals surface area contributed by atoms with Crippen LogP contribution in [0.1, 0.15) is 25.3 Å². The van der Waals surface area contributed by atoms with Crippen LogP contribution >= 0.6 is 0 Å². The summed E-state index contributed by atoms with van der Waals surface area (Å²) in [5.41, 5.74) is 2.66. The molecule has 106 valence electrons. The quantitative estimate of drug-likeness (QED) is 0.913. The van der Waals surface area contributed by atoms with Gasteiger partial charge in [-0.2, -0.15) is 0 Å². The second-order valence-corrected chi connectivity index (χ2v) is 5.15. The number of anilines is 2. The van der Waals surface area contributed by atoms with Crippen LogP contribution in [0.25, 0.3) is 0 Å². The summed E-state index contributed by atoms with van der Waals surface area (Å²) in [6, 6.07) is 5.62. The average molecular weight is 274 g/mol. The third kappa shape index (κ3) is 2.29. The standard InChI is InChI=1S/C15H18N2O3/c1-2-17-12-6-5-11(8-10(12)9-14(17)18)16-15(19)13-4-3-7-20-13/h5-6,8,13H,2-4,7,9H2,1H3,(H,16,19)/t13-/m1/s1. The number of benzene rings is 1. The van der Waals surface area contributed by atoms with E-state index < -0.39 is 0 Å². The topological polar surface area (TPSA) is 58.6 Å². The highest BCUT2D eigenvalue weighted by Gasteiger charge is 2.27. The number of ether oxygens (including phenoxy) is 1. The zero-order valence-electron chi connectivity index (χ0n) is 11.5. The van der Waals surface area contributed by atoms with Gasteiger partial charge in [0, 0.05) is 24.5 Å². The molecule has 0 bridgehead atoms.